The molecule has 4 rings (SSSR count). The van der Waals surface area contributed by atoms with Crippen LogP contribution in [-0.2, 0) is 6.42 Å². The molecular formula is C21H18N2O4. The number of rotatable bonds is 4. The predicted molar refractivity (Wildman–Crippen MR) is 101 cm³/mol. The third kappa shape index (κ3) is 3.08. The summed E-state index contributed by atoms with van der Waals surface area (Å²) in [6.45, 7) is 0. The number of aromatic nitrogens is 2. The lowest BCUT2D eigenvalue weighted by Gasteiger charge is -2.10. The number of hydrogen-bond donors (Lipinski definition) is 4. The number of aromatic hydroxyl groups is 4. The molecule has 6 heteroatoms. The van der Waals surface area contributed by atoms with Crippen molar-refractivity contribution in [2.45, 2.75) is 6.42 Å². The fraction of sp³-hybridized carbons (Fsp3) is 0.0476. The second kappa shape index (κ2) is 6.49. The van der Waals surface area contributed by atoms with Crippen LogP contribution in [0.4, 0.5) is 0 Å². The maximum Gasteiger partial charge on any atom is 0.198 e. The zero-order valence-corrected chi connectivity index (χ0v) is 14.3. The van der Waals surface area contributed by atoms with Crippen molar-refractivity contribution in [2.24, 2.45) is 0 Å². The topological polar surface area (TPSA) is 90.8 Å². The zero-order valence-electron chi connectivity index (χ0n) is 14.3. The Balaban J connectivity index is 1.53. The Morgan fingerprint density at radius 3 is 1.04 bits per heavy atom. The standard InChI is InChI=1S/C21H18N2O4/c24-18-9-10-19(25)22(18)16-5-1-14(2-6-16)13-15-3-7-17(8-4-15)23-20(26)11-12-21(23)27/h1-12,24-27H,13H2. The van der Waals surface area contributed by atoms with Gasteiger partial charge in [0.1, 0.15) is 0 Å². The van der Waals surface area contributed by atoms with Crippen LogP contribution < -0.4 is 0 Å². The molecular weight excluding hydrogens is 344 g/mol. The van der Waals surface area contributed by atoms with E-state index in [-0.39, 0.29) is 23.5 Å². The number of hydrogen-bond acceptors (Lipinski definition) is 4. The van der Waals surface area contributed by atoms with Gasteiger partial charge < -0.3 is 20.4 Å². The van der Waals surface area contributed by atoms with Crippen LogP contribution in [0.25, 0.3) is 11.4 Å². The smallest absolute Gasteiger partial charge is 0.198 e. The Morgan fingerprint density at radius 2 is 0.741 bits per heavy atom. The van der Waals surface area contributed by atoms with E-state index >= 15 is 0 Å². The Kier molecular flexibility index (Phi) is 4.01. The van der Waals surface area contributed by atoms with E-state index in [0.717, 1.165) is 11.1 Å². The first-order valence-electron chi connectivity index (χ1n) is 8.41. The van der Waals surface area contributed by atoms with E-state index in [4.69, 9.17) is 0 Å². The van der Waals surface area contributed by atoms with E-state index in [2.05, 4.69) is 0 Å². The molecule has 136 valence electrons. The molecule has 0 fully saturated rings. The highest BCUT2D eigenvalue weighted by Crippen LogP contribution is 2.28. The third-order valence-corrected chi connectivity index (χ3v) is 4.48. The molecule has 0 spiro atoms. The summed E-state index contributed by atoms with van der Waals surface area (Å²) in [6.07, 6.45) is 0.702. The van der Waals surface area contributed by atoms with Gasteiger partial charge in [0.15, 0.2) is 23.5 Å². The summed E-state index contributed by atoms with van der Waals surface area (Å²) in [4.78, 5) is 0. The first kappa shape index (κ1) is 16.7. The molecule has 4 N–H and O–H groups in total. The minimum Gasteiger partial charge on any atom is -0.494 e. The molecule has 2 aromatic heterocycles. The van der Waals surface area contributed by atoms with Gasteiger partial charge in [0.2, 0.25) is 0 Å². The molecule has 0 radical (unpaired) electrons. The zero-order chi connectivity index (χ0) is 19.0. The largest absolute Gasteiger partial charge is 0.494 e. The van der Waals surface area contributed by atoms with Gasteiger partial charge in [-0.15, -0.1) is 0 Å². The van der Waals surface area contributed by atoms with Crippen molar-refractivity contribution in [3.63, 3.8) is 0 Å². The fourth-order valence-corrected chi connectivity index (χ4v) is 3.12. The molecule has 0 atom stereocenters. The lowest BCUT2D eigenvalue weighted by Crippen LogP contribution is -1.95. The molecule has 0 aliphatic carbocycles. The normalized spacial score (nSPS) is 11.0. The van der Waals surface area contributed by atoms with Crippen LogP contribution >= 0.6 is 0 Å². The monoisotopic (exact) mass is 362 g/mol. The van der Waals surface area contributed by atoms with Crippen molar-refractivity contribution >= 4 is 0 Å². The molecule has 27 heavy (non-hydrogen) atoms. The predicted octanol–water partition coefficient (Wildman–Crippen LogP) is 3.68. The number of benzene rings is 2. The van der Waals surface area contributed by atoms with E-state index in [0.29, 0.717) is 17.8 Å². The summed E-state index contributed by atoms with van der Waals surface area (Å²) < 4.78 is 2.71. The van der Waals surface area contributed by atoms with Gasteiger partial charge in [-0.25, -0.2) is 0 Å². The fourth-order valence-electron chi connectivity index (χ4n) is 3.12. The van der Waals surface area contributed by atoms with Gasteiger partial charge in [-0.3, -0.25) is 9.13 Å². The molecule has 0 saturated carbocycles. The molecule has 0 aliphatic heterocycles. The average molecular weight is 362 g/mol. The van der Waals surface area contributed by atoms with E-state index < -0.39 is 0 Å². The quantitative estimate of drug-likeness (QED) is 0.446. The first-order chi connectivity index (χ1) is 13.0. The third-order valence-electron chi connectivity index (χ3n) is 4.48. The molecule has 0 unspecified atom stereocenters. The summed E-state index contributed by atoms with van der Waals surface area (Å²) in [5, 5.41) is 39.2. The Bertz CT molecular complexity index is 950. The van der Waals surface area contributed by atoms with Gasteiger partial charge in [-0.1, -0.05) is 24.3 Å². The van der Waals surface area contributed by atoms with Crippen LogP contribution in [0.3, 0.4) is 0 Å². The highest BCUT2D eigenvalue weighted by Gasteiger charge is 2.09. The highest BCUT2D eigenvalue weighted by atomic mass is 16.3. The van der Waals surface area contributed by atoms with Gasteiger partial charge >= 0.3 is 0 Å². The van der Waals surface area contributed by atoms with E-state index in [1.165, 1.54) is 33.4 Å². The lowest BCUT2D eigenvalue weighted by atomic mass is 10.0. The van der Waals surface area contributed by atoms with Crippen LogP contribution in [0.1, 0.15) is 11.1 Å². The summed E-state index contributed by atoms with van der Waals surface area (Å²) in [6, 6.07) is 20.8. The van der Waals surface area contributed by atoms with E-state index in [9.17, 15) is 20.4 Å². The van der Waals surface area contributed by atoms with E-state index in [1.807, 2.05) is 48.5 Å². The van der Waals surface area contributed by atoms with Gasteiger partial charge in [0, 0.05) is 24.3 Å². The molecule has 0 bridgehead atoms. The second-order valence-corrected chi connectivity index (χ2v) is 6.28. The first-order valence-corrected chi connectivity index (χ1v) is 8.41. The Hall–Kier alpha value is -3.80. The highest BCUT2D eigenvalue weighted by molar-refractivity contribution is 5.46. The molecule has 2 heterocycles. The van der Waals surface area contributed by atoms with E-state index in [1.54, 1.807) is 0 Å². The molecule has 4 aromatic rings. The maximum atomic E-state index is 9.80. The van der Waals surface area contributed by atoms with Crippen LogP contribution in [-0.4, -0.2) is 29.6 Å². The molecule has 0 aliphatic rings. The van der Waals surface area contributed by atoms with Crippen molar-refractivity contribution < 1.29 is 20.4 Å². The summed E-state index contributed by atoms with van der Waals surface area (Å²) in [5.41, 5.74) is 3.49. The number of nitrogens with zero attached hydrogens (tertiary/aromatic N) is 2. The van der Waals surface area contributed by atoms with Crippen LogP contribution in [0.5, 0.6) is 23.5 Å². The minimum atomic E-state index is -0.0210. The Morgan fingerprint density at radius 1 is 0.444 bits per heavy atom. The average Bonchev–Trinajstić information content (AvgIpc) is 3.18. The van der Waals surface area contributed by atoms with Crippen LogP contribution in [0.2, 0.25) is 0 Å². The second-order valence-electron chi connectivity index (χ2n) is 6.28. The Labute approximate surface area is 155 Å². The van der Waals surface area contributed by atoms with Crippen molar-refractivity contribution in [2.75, 3.05) is 0 Å². The van der Waals surface area contributed by atoms with Gasteiger partial charge in [0.05, 0.1) is 11.4 Å². The van der Waals surface area contributed by atoms with Crippen molar-refractivity contribution in [3.05, 3.63) is 83.9 Å². The molecule has 2 aromatic carbocycles. The SMILES string of the molecule is Oc1ccc(O)n1-c1ccc(Cc2ccc(-n3c(O)ccc3O)cc2)cc1. The summed E-state index contributed by atoms with van der Waals surface area (Å²) >= 11 is 0. The van der Waals surface area contributed by atoms with Gasteiger partial charge in [0.25, 0.3) is 0 Å². The van der Waals surface area contributed by atoms with Gasteiger partial charge in [-0.2, -0.15) is 0 Å². The molecule has 6 nitrogen and oxygen atoms in total. The maximum absolute atomic E-state index is 9.80. The van der Waals surface area contributed by atoms with Gasteiger partial charge in [-0.05, 0) is 41.8 Å². The van der Waals surface area contributed by atoms with Crippen molar-refractivity contribution in [3.8, 4) is 34.9 Å². The lowest BCUT2D eigenvalue weighted by molar-refractivity contribution is 0.401. The van der Waals surface area contributed by atoms with Crippen molar-refractivity contribution in [1.82, 2.24) is 9.13 Å². The summed E-state index contributed by atoms with van der Waals surface area (Å²) in [5.74, 6) is -0.0839. The molecule has 0 saturated heterocycles. The van der Waals surface area contributed by atoms with Crippen molar-refractivity contribution in [1.29, 1.82) is 0 Å². The molecule has 0 amide bonds. The summed E-state index contributed by atoms with van der Waals surface area (Å²) in [7, 11) is 0. The van der Waals surface area contributed by atoms with Crippen LogP contribution in [0, 0.1) is 0 Å². The minimum absolute atomic E-state index is 0.0210. The van der Waals surface area contributed by atoms with Crippen LogP contribution in [0.15, 0.2) is 72.8 Å².